The molecule has 4 heterocycles. The molecule has 4 rings (SSSR count). The van der Waals surface area contributed by atoms with Crippen LogP contribution in [0.3, 0.4) is 0 Å². The molecule has 3 aromatic rings. The molecule has 0 radical (unpaired) electrons. The van der Waals surface area contributed by atoms with Crippen LogP contribution in [0.15, 0.2) is 36.8 Å². The van der Waals surface area contributed by atoms with Crippen molar-refractivity contribution < 1.29 is 5.11 Å². The van der Waals surface area contributed by atoms with Gasteiger partial charge in [-0.05, 0) is 43.5 Å². The predicted octanol–water partition coefficient (Wildman–Crippen LogP) is 3.69. The van der Waals surface area contributed by atoms with Crippen molar-refractivity contribution in [3.05, 3.63) is 47.5 Å². The van der Waals surface area contributed by atoms with Crippen LogP contribution < -0.4 is 10.2 Å². The van der Waals surface area contributed by atoms with Crippen molar-refractivity contribution >= 4 is 39.7 Å². The molecule has 1 aliphatic rings. The largest absolute Gasteiger partial charge is 0.393 e. The predicted molar refractivity (Wildman–Crippen MR) is 104 cm³/mol. The Labute approximate surface area is 156 Å². The van der Waals surface area contributed by atoms with E-state index in [-0.39, 0.29) is 6.10 Å². The highest BCUT2D eigenvalue weighted by Gasteiger charge is 2.17. The Morgan fingerprint density at radius 2 is 2.00 bits per heavy atom. The molecule has 0 saturated carbocycles. The van der Waals surface area contributed by atoms with Crippen molar-refractivity contribution in [2.45, 2.75) is 25.9 Å². The zero-order chi connectivity index (χ0) is 18.1. The van der Waals surface area contributed by atoms with E-state index in [1.807, 2.05) is 25.3 Å². The van der Waals surface area contributed by atoms with E-state index in [1.54, 1.807) is 18.5 Å². The monoisotopic (exact) mass is 369 g/mol. The Balaban J connectivity index is 1.58. The van der Waals surface area contributed by atoms with E-state index < -0.39 is 0 Å². The van der Waals surface area contributed by atoms with Crippen LogP contribution in [0.5, 0.6) is 0 Å². The van der Waals surface area contributed by atoms with Gasteiger partial charge >= 0.3 is 0 Å². The number of nitrogens with one attached hydrogen (secondary N) is 1. The van der Waals surface area contributed by atoms with Crippen LogP contribution in [-0.4, -0.2) is 39.3 Å². The summed E-state index contributed by atoms with van der Waals surface area (Å²) in [5, 5.41) is 14.3. The van der Waals surface area contributed by atoms with E-state index in [1.165, 1.54) is 0 Å². The molecule has 0 aromatic carbocycles. The van der Waals surface area contributed by atoms with Gasteiger partial charge in [-0.15, -0.1) is 0 Å². The molecule has 0 unspecified atom stereocenters. The molecule has 0 spiro atoms. The second-order valence-corrected chi connectivity index (χ2v) is 6.98. The molecule has 1 saturated heterocycles. The first-order chi connectivity index (χ1) is 12.6. The zero-order valence-electron chi connectivity index (χ0n) is 14.5. The van der Waals surface area contributed by atoms with Gasteiger partial charge in [0, 0.05) is 30.9 Å². The molecule has 0 bridgehead atoms. The third kappa shape index (κ3) is 3.43. The van der Waals surface area contributed by atoms with Crippen molar-refractivity contribution in [1.29, 1.82) is 0 Å². The minimum Gasteiger partial charge on any atom is -0.393 e. The Bertz CT molecular complexity index is 923. The van der Waals surface area contributed by atoms with E-state index in [2.05, 4.69) is 25.2 Å². The van der Waals surface area contributed by atoms with Gasteiger partial charge < -0.3 is 15.3 Å². The van der Waals surface area contributed by atoms with Crippen molar-refractivity contribution in [2.75, 3.05) is 23.3 Å². The van der Waals surface area contributed by atoms with Gasteiger partial charge in [0.15, 0.2) is 0 Å². The molecule has 26 heavy (non-hydrogen) atoms. The Morgan fingerprint density at radius 1 is 1.19 bits per heavy atom. The molecule has 2 N–H and O–H groups in total. The minimum absolute atomic E-state index is 0.179. The van der Waals surface area contributed by atoms with E-state index in [4.69, 9.17) is 11.6 Å². The number of aryl methyl sites for hydroxylation is 1. The van der Waals surface area contributed by atoms with E-state index in [0.29, 0.717) is 5.15 Å². The number of hydrogen-bond donors (Lipinski definition) is 2. The molecular weight excluding hydrogens is 350 g/mol. The summed E-state index contributed by atoms with van der Waals surface area (Å²) in [6, 6.07) is 5.78. The highest BCUT2D eigenvalue weighted by molar-refractivity contribution is 6.30. The van der Waals surface area contributed by atoms with Crippen LogP contribution in [0, 0.1) is 6.92 Å². The first-order valence-corrected chi connectivity index (χ1v) is 9.05. The fraction of sp³-hybridized carbons (Fsp3) is 0.316. The standard InChI is InChI=1S/C19H20ClN5O/c1-12-9-21-11-15-16(8-17(20)24-19(12)15)23-18-3-2-13(10-22-18)25-6-4-14(26)5-7-25/h2-3,8-11,14,26H,4-7H2,1H3,(H,22,23,24). The molecule has 1 fully saturated rings. The van der Waals surface area contributed by atoms with Crippen LogP contribution in [0.4, 0.5) is 17.2 Å². The van der Waals surface area contributed by atoms with Crippen molar-refractivity contribution in [2.24, 2.45) is 0 Å². The molecule has 134 valence electrons. The lowest BCUT2D eigenvalue weighted by molar-refractivity contribution is 0.145. The number of piperidine rings is 1. The van der Waals surface area contributed by atoms with E-state index in [0.717, 1.165) is 59.6 Å². The van der Waals surface area contributed by atoms with Crippen LogP contribution in [0.25, 0.3) is 10.9 Å². The first-order valence-electron chi connectivity index (χ1n) is 8.67. The molecule has 0 amide bonds. The van der Waals surface area contributed by atoms with Gasteiger partial charge in [-0.1, -0.05) is 11.6 Å². The summed E-state index contributed by atoms with van der Waals surface area (Å²) in [7, 11) is 0. The number of hydrogen-bond acceptors (Lipinski definition) is 6. The lowest BCUT2D eigenvalue weighted by Gasteiger charge is -2.31. The molecule has 6 nitrogen and oxygen atoms in total. The number of pyridine rings is 3. The summed E-state index contributed by atoms with van der Waals surface area (Å²) < 4.78 is 0. The Morgan fingerprint density at radius 3 is 2.73 bits per heavy atom. The van der Waals surface area contributed by atoms with Gasteiger partial charge in [0.25, 0.3) is 0 Å². The topological polar surface area (TPSA) is 74.2 Å². The Hall–Kier alpha value is -2.44. The highest BCUT2D eigenvalue weighted by Crippen LogP contribution is 2.29. The van der Waals surface area contributed by atoms with Crippen LogP contribution in [0.2, 0.25) is 5.15 Å². The quantitative estimate of drug-likeness (QED) is 0.686. The average Bonchev–Trinajstić information content (AvgIpc) is 2.64. The third-order valence-corrected chi connectivity index (χ3v) is 4.91. The molecule has 0 aliphatic carbocycles. The van der Waals surface area contributed by atoms with Crippen LogP contribution in [0.1, 0.15) is 18.4 Å². The van der Waals surface area contributed by atoms with Gasteiger partial charge in [-0.25, -0.2) is 9.97 Å². The third-order valence-electron chi connectivity index (χ3n) is 4.71. The van der Waals surface area contributed by atoms with E-state index in [9.17, 15) is 5.11 Å². The second-order valence-electron chi connectivity index (χ2n) is 6.59. The number of nitrogens with zero attached hydrogens (tertiary/aromatic N) is 4. The van der Waals surface area contributed by atoms with Crippen LogP contribution in [-0.2, 0) is 0 Å². The normalized spacial score (nSPS) is 15.4. The van der Waals surface area contributed by atoms with Gasteiger partial charge in [0.2, 0.25) is 0 Å². The van der Waals surface area contributed by atoms with E-state index >= 15 is 0 Å². The summed E-state index contributed by atoms with van der Waals surface area (Å²) in [5.74, 6) is 0.732. The van der Waals surface area contributed by atoms with Crippen molar-refractivity contribution in [3.8, 4) is 0 Å². The minimum atomic E-state index is -0.179. The number of aliphatic hydroxyl groups is 1. The van der Waals surface area contributed by atoms with Gasteiger partial charge in [-0.3, -0.25) is 4.98 Å². The molecule has 3 aromatic heterocycles. The van der Waals surface area contributed by atoms with Gasteiger partial charge in [0.1, 0.15) is 11.0 Å². The summed E-state index contributed by atoms with van der Waals surface area (Å²) in [6.45, 7) is 3.67. The fourth-order valence-corrected chi connectivity index (χ4v) is 3.45. The molecular formula is C19H20ClN5O. The lowest BCUT2D eigenvalue weighted by Crippen LogP contribution is -2.35. The summed E-state index contributed by atoms with van der Waals surface area (Å²) in [5.41, 5.74) is 3.71. The number of aromatic nitrogens is 3. The first kappa shape index (κ1) is 17.0. The summed E-state index contributed by atoms with van der Waals surface area (Å²) in [6.07, 6.45) is 6.83. The maximum absolute atomic E-state index is 9.64. The number of halogens is 1. The zero-order valence-corrected chi connectivity index (χ0v) is 15.2. The molecule has 7 heteroatoms. The fourth-order valence-electron chi connectivity index (χ4n) is 3.25. The average molecular weight is 370 g/mol. The number of rotatable bonds is 3. The molecule has 1 aliphatic heterocycles. The SMILES string of the molecule is Cc1cncc2c(Nc3ccc(N4CCC(O)CC4)cn3)cc(Cl)nc12. The second kappa shape index (κ2) is 7.05. The number of anilines is 3. The number of fused-ring (bicyclic) bond motifs is 1. The maximum atomic E-state index is 9.64. The van der Waals surface area contributed by atoms with Crippen LogP contribution >= 0.6 is 11.6 Å². The summed E-state index contributed by atoms with van der Waals surface area (Å²) >= 11 is 6.18. The Kier molecular flexibility index (Phi) is 4.61. The number of aliphatic hydroxyl groups excluding tert-OH is 1. The smallest absolute Gasteiger partial charge is 0.131 e. The van der Waals surface area contributed by atoms with Crippen molar-refractivity contribution in [3.63, 3.8) is 0 Å². The highest BCUT2D eigenvalue weighted by atomic mass is 35.5. The van der Waals surface area contributed by atoms with Crippen molar-refractivity contribution in [1.82, 2.24) is 15.0 Å². The maximum Gasteiger partial charge on any atom is 0.131 e. The van der Waals surface area contributed by atoms with Gasteiger partial charge in [-0.2, -0.15) is 0 Å². The lowest BCUT2D eigenvalue weighted by atomic mass is 10.1. The van der Waals surface area contributed by atoms with Gasteiger partial charge in [0.05, 0.1) is 29.2 Å². The summed E-state index contributed by atoms with van der Waals surface area (Å²) in [4.78, 5) is 15.4. The molecule has 0 atom stereocenters.